The van der Waals surface area contributed by atoms with E-state index < -0.39 is 18.5 Å². The Morgan fingerprint density at radius 3 is 2.66 bits per heavy atom. The summed E-state index contributed by atoms with van der Waals surface area (Å²) in [6, 6.07) is 15.3. The third kappa shape index (κ3) is 5.53. The number of oxazole rings is 1. The van der Waals surface area contributed by atoms with E-state index in [2.05, 4.69) is 16.4 Å². The number of esters is 1. The van der Waals surface area contributed by atoms with Gasteiger partial charge in [-0.3, -0.25) is 9.59 Å². The predicted molar refractivity (Wildman–Crippen MR) is 128 cm³/mol. The summed E-state index contributed by atoms with van der Waals surface area (Å²) in [5, 5.41) is 12.6. The molecular formula is C25H21FN4O4S. The van der Waals surface area contributed by atoms with Gasteiger partial charge < -0.3 is 19.0 Å². The van der Waals surface area contributed by atoms with E-state index in [0.717, 1.165) is 28.6 Å². The zero-order valence-corrected chi connectivity index (χ0v) is 19.8. The first-order valence-corrected chi connectivity index (χ1v) is 11.6. The lowest BCUT2D eigenvalue weighted by molar-refractivity contribution is -0.144. The summed E-state index contributed by atoms with van der Waals surface area (Å²) in [7, 11) is 0. The third-order valence-corrected chi connectivity index (χ3v) is 6.21. The van der Waals surface area contributed by atoms with Gasteiger partial charge in [0, 0.05) is 12.2 Å². The quantitative estimate of drug-likeness (QED) is 0.283. The van der Waals surface area contributed by atoms with Crippen molar-refractivity contribution >= 4 is 40.6 Å². The van der Waals surface area contributed by atoms with Crippen LogP contribution in [-0.4, -0.2) is 33.8 Å². The number of nitriles is 1. The first-order chi connectivity index (χ1) is 16.9. The maximum absolute atomic E-state index is 13.3. The number of benzene rings is 2. The van der Waals surface area contributed by atoms with Crippen LogP contribution in [0.2, 0.25) is 0 Å². The number of anilines is 1. The maximum atomic E-state index is 13.3. The number of fused-ring (bicyclic) bond motifs is 1. The van der Waals surface area contributed by atoms with E-state index in [4.69, 9.17) is 9.15 Å². The van der Waals surface area contributed by atoms with Crippen LogP contribution in [0.5, 0.6) is 0 Å². The minimum absolute atomic E-state index is 0.0806. The molecule has 1 amide bonds. The Morgan fingerprint density at radius 1 is 1.20 bits per heavy atom. The van der Waals surface area contributed by atoms with Crippen LogP contribution in [0.1, 0.15) is 22.4 Å². The Hall–Kier alpha value is -4.10. The van der Waals surface area contributed by atoms with E-state index in [1.807, 2.05) is 19.1 Å². The average Bonchev–Trinajstić information content (AvgIpc) is 3.37. The molecule has 35 heavy (non-hydrogen) atoms. The molecule has 10 heteroatoms. The first-order valence-electron chi connectivity index (χ1n) is 10.6. The normalized spacial score (nSPS) is 10.8. The van der Waals surface area contributed by atoms with Crippen LogP contribution < -0.4 is 5.32 Å². The van der Waals surface area contributed by atoms with Gasteiger partial charge in [0.2, 0.25) is 0 Å². The SMILES string of the molecule is Cc1c(C#N)c(NC(=O)COC(=O)CSc2nc3ccccc3o2)n(Cc2ccc(F)cc2)c1C. The van der Waals surface area contributed by atoms with E-state index in [1.54, 1.807) is 35.8 Å². The molecule has 2 aromatic carbocycles. The molecule has 0 saturated carbocycles. The standard InChI is InChI=1S/C25H21FN4O4S/c1-15-16(2)30(12-17-7-9-18(26)10-8-17)24(19(15)11-27)29-22(31)13-33-23(32)14-35-25-28-20-5-3-4-6-21(20)34-25/h3-10H,12-14H2,1-2H3,(H,29,31). The summed E-state index contributed by atoms with van der Waals surface area (Å²) in [6.45, 7) is 3.43. The smallest absolute Gasteiger partial charge is 0.316 e. The number of aromatic nitrogens is 2. The number of thioether (sulfide) groups is 1. The number of rotatable bonds is 8. The lowest BCUT2D eigenvalue weighted by Gasteiger charge is -2.13. The van der Waals surface area contributed by atoms with Gasteiger partial charge in [0.1, 0.15) is 29.0 Å². The van der Waals surface area contributed by atoms with Crippen molar-refractivity contribution in [1.82, 2.24) is 9.55 Å². The summed E-state index contributed by atoms with van der Waals surface area (Å²) in [5.74, 6) is -1.32. The summed E-state index contributed by atoms with van der Waals surface area (Å²) in [4.78, 5) is 28.9. The predicted octanol–water partition coefficient (Wildman–Crippen LogP) is 4.58. The van der Waals surface area contributed by atoms with Gasteiger partial charge in [0.15, 0.2) is 12.2 Å². The molecule has 0 aliphatic heterocycles. The summed E-state index contributed by atoms with van der Waals surface area (Å²) < 4.78 is 25.7. The minimum Gasteiger partial charge on any atom is -0.455 e. The van der Waals surface area contributed by atoms with Crippen LogP contribution >= 0.6 is 11.8 Å². The lowest BCUT2D eigenvalue weighted by Crippen LogP contribution is -2.23. The largest absolute Gasteiger partial charge is 0.455 e. The monoisotopic (exact) mass is 492 g/mol. The van der Waals surface area contributed by atoms with Gasteiger partial charge in [-0.2, -0.15) is 5.26 Å². The number of halogens is 1. The molecule has 178 valence electrons. The van der Waals surface area contributed by atoms with Gasteiger partial charge in [-0.15, -0.1) is 0 Å². The fourth-order valence-electron chi connectivity index (χ4n) is 3.49. The average molecular weight is 493 g/mol. The zero-order valence-electron chi connectivity index (χ0n) is 19.0. The van der Waals surface area contributed by atoms with Crippen molar-refractivity contribution in [2.45, 2.75) is 25.6 Å². The molecule has 0 spiro atoms. The Morgan fingerprint density at radius 2 is 1.94 bits per heavy atom. The number of hydrogen-bond acceptors (Lipinski definition) is 7. The lowest BCUT2D eigenvalue weighted by atomic mass is 10.2. The number of nitrogens with zero attached hydrogens (tertiary/aromatic N) is 3. The van der Waals surface area contributed by atoms with Crippen molar-refractivity contribution < 1.29 is 23.1 Å². The Balaban J connectivity index is 1.37. The van der Waals surface area contributed by atoms with Gasteiger partial charge in [-0.05, 0) is 49.2 Å². The highest BCUT2D eigenvalue weighted by Gasteiger charge is 2.20. The van der Waals surface area contributed by atoms with Crippen LogP contribution in [0.4, 0.5) is 10.2 Å². The maximum Gasteiger partial charge on any atom is 0.316 e. The molecule has 2 aromatic heterocycles. The second kappa shape index (κ2) is 10.4. The highest BCUT2D eigenvalue weighted by molar-refractivity contribution is 7.99. The summed E-state index contributed by atoms with van der Waals surface area (Å²) in [6.07, 6.45) is 0. The number of para-hydroxylation sites is 2. The molecule has 0 atom stereocenters. The van der Waals surface area contributed by atoms with E-state index in [-0.39, 0.29) is 11.6 Å². The molecule has 2 heterocycles. The fourth-order valence-corrected chi connectivity index (χ4v) is 4.13. The van der Waals surface area contributed by atoms with Crippen LogP contribution in [0.25, 0.3) is 11.1 Å². The zero-order chi connectivity index (χ0) is 24.9. The van der Waals surface area contributed by atoms with E-state index in [0.29, 0.717) is 34.2 Å². The molecule has 0 saturated heterocycles. The minimum atomic E-state index is -0.609. The highest BCUT2D eigenvalue weighted by Crippen LogP contribution is 2.27. The second-order valence-electron chi connectivity index (χ2n) is 7.70. The Kier molecular flexibility index (Phi) is 7.17. The van der Waals surface area contributed by atoms with Gasteiger partial charge in [0.05, 0.1) is 5.56 Å². The molecule has 0 unspecified atom stereocenters. The number of hydrogen-bond donors (Lipinski definition) is 1. The number of ether oxygens (including phenoxy) is 1. The molecule has 0 aliphatic rings. The molecule has 4 rings (SSSR count). The van der Waals surface area contributed by atoms with E-state index in [9.17, 15) is 19.2 Å². The molecule has 4 aromatic rings. The second-order valence-corrected chi connectivity index (χ2v) is 8.63. The van der Waals surface area contributed by atoms with Gasteiger partial charge in [-0.25, -0.2) is 9.37 Å². The molecule has 0 bridgehead atoms. The van der Waals surface area contributed by atoms with Crippen molar-refractivity contribution in [2.24, 2.45) is 0 Å². The van der Waals surface area contributed by atoms with Gasteiger partial charge in [-0.1, -0.05) is 36.0 Å². The molecule has 8 nitrogen and oxygen atoms in total. The topological polar surface area (TPSA) is 110 Å². The molecule has 0 aliphatic carbocycles. The van der Waals surface area contributed by atoms with Gasteiger partial charge >= 0.3 is 5.97 Å². The van der Waals surface area contributed by atoms with E-state index in [1.165, 1.54) is 12.1 Å². The molecular weight excluding hydrogens is 471 g/mol. The fraction of sp³-hybridized carbons (Fsp3) is 0.200. The number of nitrogens with one attached hydrogen (secondary N) is 1. The molecule has 1 N–H and O–H groups in total. The number of carbonyl (C=O) groups excluding carboxylic acids is 2. The Labute approximate surface area is 204 Å². The van der Waals surface area contributed by atoms with Crippen molar-refractivity contribution in [3.8, 4) is 6.07 Å². The highest BCUT2D eigenvalue weighted by atomic mass is 32.2. The van der Waals surface area contributed by atoms with Crippen LogP contribution in [0.3, 0.4) is 0 Å². The van der Waals surface area contributed by atoms with Crippen LogP contribution in [0, 0.1) is 31.0 Å². The van der Waals surface area contributed by atoms with Gasteiger partial charge in [0.25, 0.3) is 11.1 Å². The van der Waals surface area contributed by atoms with E-state index >= 15 is 0 Å². The first kappa shape index (κ1) is 24.0. The van der Waals surface area contributed by atoms with Crippen molar-refractivity contribution in [1.29, 1.82) is 5.26 Å². The number of amides is 1. The van der Waals surface area contributed by atoms with Crippen LogP contribution in [0.15, 0.2) is 58.2 Å². The molecule has 0 fully saturated rings. The Bertz CT molecular complexity index is 1400. The van der Waals surface area contributed by atoms with Crippen molar-refractivity contribution in [2.75, 3.05) is 17.7 Å². The van der Waals surface area contributed by atoms with Crippen molar-refractivity contribution in [3.63, 3.8) is 0 Å². The summed E-state index contributed by atoms with van der Waals surface area (Å²) >= 11 is 1.07. The summed E-state index contributed by atoms with van der Waals surface area (Å²) in [5.41, 5.74) is 3.92. The molecule has 0 radical (unpaired) electrons. The third-order valence-electron chi connectivity index (χ3n) is 5.40. The van der Waals surface area contributed by atoms with Crippen molar-refractivity contribution in [3.05, 3.63) is 76.7 Å². The number of carbonyl (C=O) groups is 2. The van der Waals surface area contributed by atoms with Crippen LogP contribution in [-0.2, 0) is 20.9 Å².